The van der Waals surface area contributed by atoms with Crippen molar-refractivity contribution in [2.45, 2.75) is 143 Å². The topological polar surface area (TPSA) is 26.3 Å². The summed E-state index contributed by atoms with van der Waals surface area (Å²) in [5.41, 5.74) is 3.11. The Bertz CT molecular complexity index is 852. The number of carbonyl (C=O) groups is 1. The van der Waals surface area contributed by atoms with Crippen LogP contribution >= 0.6 is 0 Å². The van der Waals surface area contributed by atoms with Gasteiger partial charge in [-0.3, -0.25) is 4.79 Å². The second-order valence-corrected chi connectivity index (χ2v) is 11.7. The lowest BCUT2D eigenvalue weighted by atomic mass is 9.97. The summed E-state index contributed by atoms with van der Waals surface area (Å²) in [6, 6.07) is 16.4. The fraction of sp³-hybridized carbons (Fsp3) is 0.649. The van der Waals surface area contributed by atoms with Crippen LogP contribution in [0.5, 0.6) is 5.75 Å². The Morgan fingerprint density at radius 1 is 0.615 bits per heavy atom. The Morgan fingerprint density at radius 2 is 1.05 bits per heavy atom. The number of rotatable bonds is 24. The highest BCUT2D eigenvalue weighted by Gasteiger charge is 2.09. The average Bonchev–Trinajstić information content (AvgIpc) is 2.97. The summed E-state index contributed by atoms with van der Waals surface area (Å²) in [6.45, 7) is 7.48. The minimum absolute atomic E-state index is 0.250. The van der Waals surface area contributed by atoms with Crippen LogP contribution in [0.25, 0.3) is 11.1 Å². The number of benzene rings is 2. The maximum absolute atomic E-state index is 12.4. The Hall–Kier alpha value is -2.09. The Balaban J connectivity index is 1.48. The molecule has 0 aromatic heterocycles. The van der Waals surface area contributed by atoms with Gasteiger partial charge in [-0.25, -0.2) is 0 Å². The largest absolute Gasteiger partial charge is 0.494 e. The first-order valence-corrected chi connectivity index (χ1v) is 16.5. The summed E-state index contributed by atoms with van der Waals surface area (Å²) in [4.78, 5) is 12.4. The van der Waals surface area contributed by atoms with Crippen molar-refractivity contribution in [3.8, 4) is 16.9 Å². The number of unbranched alkanes of at least 4 members (excludes halogenated alkanes) is 15. The van der Waals surface area contributed by atoms with Crippen molar-refractivity contribution in [3.63, 3.8) is 0 Å². The van der Waals surface area contributed by atoms with Crippen molar-refractivity contribution in [3.05, 3.63) is 54.1 Å². The van der Waals surface area contributed by atoms with Crippen LogP contribution in [0.2, 0.25) is 0 Å². The smallest absolute Gasteiger partial charge is 0.162 e. The normalized spacial score (nSPS) is 12.0. The van der Waals surface area contributed by atoms with E-state index in [0.29, 0.717) is 12.3 Å². The number of ketones is 1. The summed E-state index contributed by atoms with van der Waals surface area (Å²) in [6.07, 6.45) is 25.0. The minimum Gasteiger partial charge on any atom is -0.494 e. The molecule has 0 aliphatic carbocycles. The zero-order valence-electron chi connectivity index (χ0n) is 25.7. The monoisotopic (exact) mass is 534 g/mol. The molecule has 2 rings (SSSR count). The van der Waals surface area contributed by atoms with Gasteiger partial charge in [0.2, 0.25) is 0 Å². The van der Waals surface area contributed by atoms with Crippen LogP contribution in [0.4, 0.5) is 0 Å². The second-order valence-electron chi connectivity index (χ2n) is 11.7. The molecule has 0 saturated carbocycles. The zero-order chi connectivity index (χ0) is 28.0. The summed E-state index contributed by atoms with van der Waals surface area (Å²) < 4.78 is 5.98. The Labute approximate surface area is 241 Å². The highest BCUT2D eigenvalue weighted by Crippen LogP contribution is 2.24. The van der Waals surface area contributed by atoms with Gasteiger partial charge < -0.3 is 4.74 Å². The van der Waals surface area contributed by atoms with Gasteiger partial charge in [0.15, 0.2) is 5.78 Å². The van der Waals surface area contributed by atoms with Crippen LogP contribution in [0.3, 0.4) is 0 Å². The van der Waals surface area contributed by atoms with E-state index < -0.39 is 0 Å². The van der Waals surface area contributed by atoms with Crippen LogP contribution in [-0.4, -0.2) is 12.4 Å². The lowest BCUT2D eigenvalue weighted by Gasteiger charge is -2.09. The predicted molar refractivity (Wildman–Crippen MR) is 170 cm³/mol. The Kier molecular flexibility index (Phi) is 18.4. The standard InChI is InChI=1S/C37H58O2/c1-4-6-7-8-9-10-11-12-13-14-15-16-17-18-19-20-31-39-36-28-26-34(27-29-36)33-22-24-35(25-23-33)37(38)30-21-32(3)5-2/h22-29,32H,4-21,30-31H2,1-3H3/t32-/m0/s1. The van der Waals surface area contributed by atoms with E-state index >= 15 is 0 Å². The molecule has 0 unspecified atom stereocenters. The van der Waals surface area contributed by atoms with E-state index in [-0.39, 0.29) is 5.78 Å². The molecule has 0 spiro atoms. The zero-order valence-corrected chi connectivity index (χ0v) is 25.7. The van der Waals surface area contributed by atoms with Gasteiger partial charge in [0.05, 0.1) is 6.61 Å². The van der Waals surface area contributed by atoms with E-state index in [4.69, 9.17) is 4.74 Å². The van der Waals surface area contributed by atoms with Crippen molar-refractivity contribution in [2.75, 3.05) is 6.61 Å². The molecule has 0 radical (unpaired) electrons. The van der Waals surface area contributed by atoms with E-state index in [1.54, 1.807) is 0 Å². The molecular formula is C37H58O2. The lowest BCUT2D eigenvalue weighted by Crippen LogP contribution is -2.02. The van der Waals surface area contributed by atoms with Crippen LogP contribution < -0.4 is 4.74 Å². The van der Waals surface area contributed by atoms with E-state index in [1.807, 2.05) is 12.1 Å². The molecule has 2 aromatic carbocycles. The molecule has 39 heavy (non-hydrogen) atoms. The summed E-state index contributed by atoms with van der Waals surface area (Å²) >= 11 is 0. The number of hydrogen-bond acceptors (Lipinski definition) is 2. The number of carbonyl (C=O) groups excluding carboxylic acids is 1. The third kappa shape index (κ3) is 15.3. The average molecular weight is 535 g/mol. The number of hydrogen-bond donors (Lipinski definition) is 0. The van der Waals surface area contributed by atoms with Gasteiger partial charge in [0, 0.05) is 12.0 Å². The maximum Gasteiger partial charge on any atom is 0.162 e. The van der Waals surface area contributed by atoms with Gasteiger partial charge in [-0.05, 0) is 42.0 Å². The molecule has 0 fully saturated rings. The van der Waals surface area contributed by atoms with Gasteiger partial charge in [-0.15, -0.1) is 0 Å². The first-order chi connectivity index (χ1) is 19.1. The Morgan fingerprint density at radius 3 is 1.51 bits per heavy atom. The molecule has 0 bridgehead atoms. The molecule has 1 atom stereocenters. The first-order valence-electron chi connectivity index (χ1n) is 16.5. The van der Waals surface area contributed by atoms with Gasteiger partial charge in [-0.1, -0.05) is 160 Å². The van der Waals surface area contributed by atoms with Gasteiger partial charge in [0.1, 0.15) is 5.75 Å². The van der Waals surface area contributed by atoms with Crippen molar-refractivity contribution in [2.24, 2.45) is 5.92 Å². The molecule has 2 heteroatoms. The van der Waals surface area contributed by atoms with E-state index in [1.165, 1.54) is 96.3 Å². The van der Waals surface area contributed by atoms with Crippen LogP contribution in [0, 0.1) is 5.92 Å². The van der Waals surface area contributed by atoms with Crippen LogP contribution in [-0.2, 0) is 0 Å². The van der Waals surface area contributed by atoms with Crippen molar-refractivity contribution in [1.29, 1.82) is 0 Å². The predicted octanol–water partition coefficient (Wildman–Crippen LogP) is 12.0. The van der Waals surface area contributed by atoms with E-state index in [2.05, 4.69) is 57.2 Å². The fourth-order valence-corrected chi connectivity index (χ4v) is 5.16. The quantitative estimate of drug-likeness (QED) is 0.0988. The highest BCUT2D eigenvalue weighted by molar-refractivity contribution is 5.96. The molecule has 0 aliphatic heterocycles. The molecule has 0 aliphatic rings. The molecule has 218 valence electrons. The second kappa shape index (κ2) is 21.7. The number of ether oxygens (including phenoxy) is 1. The maximum atomic E-state index is 12.4. The number of Topliss-reactive ketones (excluding diaryl/α,β-unsaturated/α-hetero) is 1. The summed E-state index contributed by atoms with van der Waals surface area (Å²) in [7, 11) is 0. The molecule has 2 aromatic rings. The van der Waals surface area contributed by atoms with Crippen molar-refractivity contribution >= 4 is 5.78 Å². The third-order valence-corrected chi connectivity index (χ3v) is 8.22. The molecule has 0 heterocycles. The van der Waals surface area contributed by atoms with E-state index in [9.17, 15) is 4.79 Å². The highest BCUT2D eigenvalue weighted by atomic mass is 16.5. The van der Waals surface area contributed by atoms with Crippen LogP contribution in [0.15, 0.2) is 48.5 Å². The SMILES string of the molecule is CCCCCCCCCCCCCCCCCCOc1ccc(-c2ccc(C(=O)CC[C@@H](C)CC)cc2)cc1. The summed E-state index contributed by atoms with van der Waals surface area (Å²) in [5, 5.41) is 0. The van der Waals surface area contributed by atoms with Gasteiger partial charge >= 0.3 is 0 Å². The molecular weight excluding hydrogens is 476 g/mol. The molecule has 0 amide bonds. The third-order valence-electron chi connectivity index (χ3n) is 8.22. The van der Waals surface area contributed by atoms with Crippen LogP contribution in [0.1, 0.15) is 153 Å². The first kappa shape index (κ1) is 33.1. The van der Waals surface area contributed by atoms with Gasteiger partial charge in [-0.2, -0.15) is 0 Å². The summed E-state index contributed by atoms with van der Waals surface area (Å²) in [5.74, 6) is 1.80. The van der Waals surface area contributed by atoms with Crippen molar-refractivity contribution in [1.82, 2.24) is 0 Å². The fourth-order valence-electron chi connectivity index (χ4n) is 5.16. The molecule has 2 nitrogen and oxygen atoms in total. The minimum atomic E-state index is 0.250. The molecule has 0 saturated heterocycles. The van der Waals surface area contributed by atoms with Crippen molar-refractivity contribution < 1.29 is 9.53 Å². The van der Waals surface area contributed by atoms with Gasteiger partial charge in [0.25, 0.3) is 0 Å². The molecule has 0 N–H and O–H groups in total. The van der Waals surface area contributed by atoms with E-state index in [0.717, 1.165) is 48.3 Å². The lowest BCUT2D eigenvalue weighted by molar-refractivity contribution is 0.0974.